The van der Waals surface area contributed by atoms with Crippen molar-refractivity contribution in [3.05, 3.63) is 103 Å². The van der Waals surface area contributed by atoms with Crippen molar-refractivity contribution in [2.75, 3.05) is 5.32 Å². The van der Waals surface area contributed by atoms with Gasteiger partial charge in [0, 0.05) is 29.3 Å². The van der Waals surface area contributed by atoms with E-state index in [0.29, 0.717) is 17.0 Å². The molecule has 0 saturated heterocycles. The first-order chi connectivity index (χ1) is 14.5. The van der Waals surface area contributed by atoms with E-state index in [1.54, 1.807) is 36.4 Å². The van der Waals surface area contributed by atoms with E-state index >= 15 is 0 Å². The van der Waals surface area contributed by atoms with E-state index in [4.69, 9.17) is 4.42 Å². The first-order valence-electron chi connectivity index (χ1n) is 9.18. The van der Waals surface area contributed by atoms with Gasteiger partial charge in [0.1, 0.15) is 5.76 Å². The maximum Gasteiger partial charge on any atom is 0.255 e. The normalized spacial score (nSPS) is 11.3. The lowest BCUT2D eigenvalue weighted by molar-refractivity contribution is 0.102. The first kappa shape index (κ1) is 19.7. The molecule has 1 amide bonds. The number of rotatable bonds is 7. The highest BCUT2D eigenvalue weighted by Crippen LogP contribution is 2.17. The Kier molecular flexibility index (Phi) is 5.51. The fourth-order valence-electron chi connectivity index (χ4n) is 2.90. The van der Waals surface area contributed by atoms with E-state index in [1.165, 1.54) is 18.4 Å². The van der Waals surface area contributed by atoms with Crippen LogP contribution in [-0.2, 0) is 16.6 Å². The molecule has 0 saturated carbocycles. The Morgan fingerprint density at radius 2 is 1.70 bits per heavy atom. The van der Waals surface area contributed by atoms with Crippen molar-refractivity contribution in [3.63, 3.8) is 0 Å². The van der Waals surface area contributed by atoms with Gasteiger partial charge in [0.15, 0.2) is 0 Å². The third-order valence-electron chi connectivity index (χ3n) is 4.45. The van der Waals surface area contributed by atoms with Gasteiger partial charge in [-0.25, -0.2) is 13.1 Å². The molecular weight excluding hydrogens is 402 g/mol. The summed E-state index contributed by atoms with van der Waals surface area (Å²) in [5.74, 6) is 0.236. The quantitative estimate of drug-likeness (QED) is 0.475. The monoisotopic (exact) mass is 421 g/mol. The fourth-order valence-corrected chi connectivity index (χ4v) is 3.89. The van der Waals surface area contributed by atoms with Gasteiger partial charge in [-0.05, 0) is 66.7 Å². The molecule has 0 aliphatic rings. The maximum absolute atomic E-state index is 12.6. The van der Waals surface area contributed by atoms with Crippen molar-refractivity contribution in [1.29, 1.82) is 0 Å². The molecule has 2 aromatic carbocycles. The molecule has 0 radical (unpaired) electrons. The average Bonchev–Trinajstić information content (AvgIpc) is 3.47. The van der Waals surface area contributed by atoms with Gasteiger partial charge in [-0.2, -0.15) is 0 Å². The molecular formula is C22H19N3O4S. The van der Waals surface area contributed by atoms with Crippen molar-refractivity contribution in [1.82, 2.24) is 9.29 Å². The van der Waals surface area contributed by atoms with Crippen molar-refractivity contribution in [3.8, 4) is 5.69 Å². The Balaban J connectivity index is 1.43. The van der Waals surface area contributed by atoms with Crippen LogP contribution >= 0.6 is 0 Å². The Bertz CT molecular complexity index is 1230. The topological polar surface area (TPSA) is 93.3 Å². The van der Waals surface area contributed by atoms with Crippen LogP contribution in [0.2, 0.25) is 0 Å². The third kappa shape index (κ3) is 4.51. The van der Waals surface area contributed by atoms with Crippen LogP contribution < -0.4 is 10.0 Å². The highest BCUT2D eigenvalue weighted by Gasteiger charge is 2.15. The summed E-state index contributed by atoms with van der Waals surface area (Å²) < 4.78 is 34.3. The van der Waals surface area contributed by atoms with E-state index in [2.05, 4.69) is 10.0 Å². The summed E-state index contributed by atoms with van der Waals surface area (Å²) >= 11 is 0. The minimum absolute atomic E-state index is 0.0611. The maximum atomic E-state index is 12.6. The van der Waals surface area contributed by atoms with Crippen LogP contribution in [0.4, 0.5) is 5.69 Å². The van der Waals surface area contributed by atoms with Gasteiger partial charge in [0.05, 0.1) is 17.7 Å². The number of aromatic nitrogens is 1. The van der Waals surface area contributed by atoms with E-state index in [-0.39, 0.29) is 17.3 Å². The summed E-state index contributed by atoms with van der Waals surface area (Å²) in [4.78, 5) is 12.7. The highest BCUT2D eigenvalue weighted by molar-refractivity contribution is 7.89. The standard InChI is InChI=1S/C22H19N3O4S/c26-22(17-5-3-6-19(15-17)25-12-1-2-13-25)24-18-8-10-21(11-9-18)30(27,28)23-16-20-7-4-14-29-20/h1-15,23H,16H2,(H,24,26). The minimum atomic E-state index is -3.69. The Hall–Kier alpha value is -3.62. The number of hydrogen-bond acceptors (Lipinski definition) is 4. The van der Waals surface area contributed by atoms with Gasteiger partial charge >= 0.3 is 0 Å². The fraction of sp³-hybridized carbons (Fsp3) is 0.0455. The molecule has 2 aromatic heterocycles. The minimum Gasteiger partial charge on any atom is -0.468 e. The molecule has 0 bridgehead atoms. The molecule has 0 aliphatic carbocycles. The predicted molar refractivity (Wildman–Crippen MR) is 113 cm³/mol. The number of furan rings is 1. The average molecular weight is 421 g/mol. The van der Waals surface area contributed by atoms with Gasteiger partial charge in [-0.3, -0.25) is 4.79 Å². The van der Waals surface area contributed by atoms with Crippen molar-refractivity contribution < 1.29 is 17.6 Å². The van der Waals surface area contributed by atoms with Gasteiger partial charge < -0.3 is 14.3 Å². The number of carbonyl (C=O) groups excluding carboxylic acids is 1. The van der Waals surface area contributed by atoms with Crippen LogP contribution in [-0.4, -0.2) is 18.9 Å². The largest absolute Gasteiger partial charge is 0.468 e. The van der Waals surface area contributed by atoms with Crippen molar-refractivity contribution >= 4 is 21.6 Å². The number of nitrogens with zero attached hydrogens (tertiary/aromatic N) is 1. The van der Waals surface area contributed by atoms with Crippen LogP contribution in [0.25, 0.3) is 5.69 Å². The zero-order chi connectivity index (χ0) is 21.0. The smallest absolute Gasteiger partial charge is 0.255 e. The zero-order valence-corrected chi connectivity index (χ0v) is 16.7. The first-order valence-corrected chi connectivity index (χ1v) is 10.7. The molecule has 30 heavy (non-hydrogen) atoms. The Morgan fingerprint density at radius 1 is 0.933 bits per heavy atom. The van der Waals surface area contributed by atoms with Crippen molar-refractivity contribution in [2.24, 2.45) is 0 Å². The Morgan fingerprint density at radius 3 is 2.40 bits per heavy atom. The molecule has 0 spiro atoms. The lowest BCUT2D eigenvalue weighted by Crippen LogP contribution is -2.23. The van der Waals surface area contributed by atoms with Gasteiger partial charge in [-0.15, -0.1) is 0 Å². The molecule has 2 N–H and O–H groups in total. The molecule has 8 heteroatoms. The van der Waals surface area contributed by atoms with E-state index in [0.717, 1.165) is 5.69 Å². The van der Waals surface area contributed by atoms with Gasteiger partial charge in [0.25, 0.3) is 5.91 Å². The second-order valence-corrected chi connectivity index (χ2v) is 8.29. The van der Waals surface area contributed by atoms with E-state index < -0.39 is 10.0 Å². The van der Waals surface area contributed by atoms with Crippen molar-refractivity contribution in [2.45, 2.75) is 11.4 Å². The van der Waals surface area contributed by atoms with E-state index in [1.807, 2.05) is 41.2 Å². The molecule has 0 aliphatic heterocycles. The molecule has 2 heterocycles. The second kappa shape index (κ2) is 8.40. The van der Waals surface area contributed by atoms with Crippen LogP contribution in [0, 0.1) is 0 Å². The molecule has 7 nitrogen and oxygen atoms in total. The van der Waals surface area contributed by atoms with Gasteiger partial charge in [-0.1, -0.05) is 6.07 Å². The lowest BCUT2D eigenvalue weighted by Gasteiger charge is -2.09. The summed E-state index contributed by atoms with van der Waals surface area (Å²) in [5.41, 5.74) is 1.87. The molecule has 4 rings (SSSR count). The van der Waals surface area contributed by atoms with Crippen LogP contribution in [0.1, 0.15) is 16.1 Å². The number of hydrogen-bond donors (Lipinski definition) is 2. The number of sulfonamides is 1. The number of nitrogens with one attached hydrogen (secondary N) is 2. The summed E-state index contributed by atoms with van der Waals surface area (Å²) in [6.07, 6.45) is 5.28. The zero-order valence-electron chi connectivity index (χ0n) is 15.9. The predicted octanol–water partition coefficient (Wildman–Crippen LogP) is 3.80. The van der Waals surface area contributed by atoms with E-state index in [9.17, 15) is 13.2 Å². The summed E-state index contributed by atoms with van der Waals surface area (Å²) in [7, 11) is -3.69. The SMILES string of the molecule is O=C(Nc1ccc(S(=O)(=O)NCc2ccco2)cc1)c1cccc(-n2cccc2)c1. The molecule has 0 atom stereocenters. The van der Waals surface area contributed by atoms with Crippen LogP contribution in [0.15, 0.2) is 101 Å². The number of benzene rings is 2. The summed E-state index contributed by atoms with van der Waals surface area (Å²) in [6, 6.07) is 20.4. The number of anilines is 1. The van der Waals surface area contributed by atoms with Crippen LogP contribution in [0.5, 0.6) is 0 Å². The Labute approximate surface area is 174 Å². The summed E-state index contributed by atoms with van der Waals surface area (Å²) in [5, 5.41) is 2.79. The molecule has 0 fully saturated rings. The highest BCUT2D eigenvalue weighted by atomic mass is 32.2. The third-order valence-corrected chi connectivity index (χ3v) is 5.87. The van der Waals surface area contributed by atoms with Gasteiger partial charge in [0.2, 0.25) is 10.0 Å². The summed E-state index contributed by atoms with van der Waals surface area (Å²) in [6.45, 7) is 0.0611. The number of amides is 1. The molecule has 152 valence electrons. The number of carbonyl (C=O) groups is 1. The lowest BCUT2D eigenvalue weighted by atomic mass is 10.2. The van der Waals surface area contributed by atoms with Crippen LogP contribution in [0.3, 0.4) is 0 Å². The second-order valence-electron chi connectivity index (χ2n) is 6.52. The molecule has 4 aromatic rings. The molecule has 0 unspecified atom stereocenters.